The standard InChI is InChI=1S/C26H32N2O4/c1-25(2,3)19-10-12-22(13-11-19)32-16-21(29)15-28-23(30)26(4,27-24(28)31)20-9-8-17-6-5-7-18(17)14-20/h8-14,21,29H,5-7,15-16H2,1-4H3,(H,27,31). The monoisotopic (exact) mass is 436 g/mol. The van der Waals surface area contributed by atoms with E-state index in [0.29, 0.717) is 5.75 Å². The molecule has 2 N–H and O–H groups in total. The Hall–Kier alpha value is -2.86. The van der Waals surface area contributed by atoms with Gasteiger partial charge in [0.1, 0.15) is 24.0 Å². The van der Waals surface area contributed by atoms with Crippen molar-refractivity contribution in [2.75, 3.05) is 13.2 Å². The summed E-state index contributed by atoms with van der Waals surface area (Å²) in [6, 6.07) is 13.3. The fraction of sp³-hybridized carbons (Fsp3) is 0.462. The number of benzene rings is 2. The minimum atomic E-state index is -1.13. The summed E-state index contributed by atoms with van der Waals surface area (Å²) in [6.45, 7) is 8.01. The van der Waals surface area contributed by atoms with Crippen molar-refractivity contribution in [1.82, 2.24) is 10.2 Å². The van der Waals surface area contributed by atoms with Gasteiger partial charge in [0, 0.05) is 0 Å². The van der Waals surface area contributed by atoms with Crippen molar-refractivity contribution in [2.24, 2.45) is 0 Å². The van der Waals surface area contributed by atoms with Crippen molar-refractivity contribution in [3.63, 3.8) is 0 Å². The van der Waals surface area contributed by atoms with Crippen LogP contribution in [0.5, 0.6) is 5.75 Å². The van der Waals surface area contributed by atoms with Gasteiger partial charge in [-0.1, -0.05) is 51.1 Å². The van der Waals surface area contributed by atoms with E-state index in [1.165, 1.54) is 16.7 Å². The van der Waals surface area contributed by atoms with Crippen LogP contribution in [-0.2, 0) is 28.6 Å². The number of amides is 3. The minimum absolute atomic E-state index is 0.0124. The van der Waals surface area contributed by atoms with E-state index in [1.54, 1.807) is 6.92 Å². The van der Waals surface area contributed by atoms with Crippen molar-refractivity contribution in [2.45, 2.75) is 64.0 Å². The topological polar surface area (TPSA) is 78.9 Å². The molecule has 3 amide bonds. The average molecular weight is 437 g/mol. The van der Waals surface area contributed by atoms with Crippen molar-refractivity contribution in [3.8, 4) is 5.75 Å². The van der Waals surface area contributed by atoms with Crippen molar-refractivity contribution in [3.05, 3.63) is 64.7 Å². The van der Waals surface area contributed by atoms with E-state index < -0.39 is 17.7 Å². The summed E-state index contributed by atoms with van der Waals surface area (Å²) >= 11 is 0. The summed E-state index contributed by atoms with van der Waals surface area (Å²) in [6.07, 6.45) is 2.18. The molecule has 0 spiro atoms. The third kappa shape index (κ3) is 4.24. The van der Waals surface area contributed by atoms with E-state index in [4.69, 9.17) is 4.74 Å². The van der Waals surface area contributed by atoms with Crippen LogP contribution in [0.2, 0.25) is 0 Å². The number of aliphatic hydroxyl groups excluding tert-OH is 1. The third-order valence-electron chi connectivity index (χ3n) is 6.51. The van der Waals surface area contributed by atoms with Gasteiger partial charge in [-0.3, -0.25) is 9.69 Å². The molecule has 2 aromatic rings. The number of aliphatic hydroxyl groups is 1. The first-order chi connectivity index (χ1) is 15.1. The van der Waals surface area contributed by atoms with Crippen molar-refractivity contribution in [1.29, 1.82) is 0 Å². The van der Waals surface area contributed by atoms with Crippen LogP contribution in [-0.4, -0.2) is 41.2 Å². The van der Waals surface area contributed by atoms with Crippen molar-refractivity contribution >= 4 is 11.9 Å². The molecule has 2 aliphatic rings. The highest BCUT2D eigenvalue weighted by atomic mass is 16.5. The van der Waals surface area contributed by atoms with Crippen LogP contribution in [0.4, 0.5) is 4.79 Å². The molecule has 1 heterocycles. The zero-order valence-electron chi connectivity index (χ0n) is 19.3. The smallest absolute Gasteiger partial charge is 0.325 e. The Balaban J connectivity index is 1.39. The Bertz CT molecular complexity index is 1030. The first-order valence-corrected chi connectivity index (χ1v) is 11.3. The zero-order chi connectivity index (χ0) is 23.1. The number of aryl methyl sites for hydroxylation is 2. The molecular formula is C26H32N2O4. The average Bonchev–Trinajstić information content (AvgIpc) is 3.30. The highest BCUT2D eigenvalue weighted by Gasteiger charge is 2.49. The molecule has 4 rings (SSSR count). The molecule has 32 heavy (non-hydrogen) atoms. The Morgan fingerprint density at radius 2 is 1.78 bits per heavy atom. The maximum absolute atomic E-state index is 13.2. The Morgan fingerprint density at radius 1 is 1.09 bits per heavy atom. The van der Waals surface area contributed by atoms with E-state index in [9.17, 15) is 14.7 Å². The SMILES string of the molecule is CC(C)(C)c1ccc(OCC(O)CN2C(=O)NC(C)(c3ccc4c(c3)CCC4)C2=O)cc1. The highest BCUT2D eigenvalue weighted by Crippen LogP contribution is 2.32. The summed E-state index contributed by atoms with van der Waals surface area (Å²) in [5, 5.41) is 13.3. The Kier molecular flexibility index (Phi) is 5.76. The van der Waals surface area contributed by atoms with Gasteiger partial charge in [0.05, 0.1) is 6.54 Å². The van der Waals surface area contributed by atoms with E-state index in [0.717, 1.165) is 29.7 Å². The Labute approximate surface area is 189 Å². The largest absolute Gasteiger partial charge is 0.491 e. The number of carbonyl (C=O) groups excluding carboxylic acids is 2. The number of urea groups is 1. The van der Waals surface area contributed by atoms with E-state index in [-0.39, 0.29) is 24.5 Å². The first kappa shape index (κ1) is 22.3. The summed E-state index contributed by atoms with van der Waals surface area (Å²) < 4.78 is 5.68. The fourth-order valence-corrected chi connectivity index (χ4v) is 4.45. The lowest BCUT2D eigenvalue weighted by Crippen LogP contribution is -2.42. The molecule has 1 fully saturated rings. The fourth-order valence-electron chi connectivity index (χ4n) is 4.45. The number of hydrogen-bond acceptors (Lipinski definition) is 4. The third-order valence-corrected chi connectivity index (χ3v) is 6.51. The van der Waals surface area contributed by atoms with Gasteiger partial charge >= 0.3 is 6.03 Å². The number of ether oxygens (including phenoxy) is 1. The van der Waals surface area contributed by atoms with Crippen LogP contribution < -0.4 is 10.1 Å². The molecule has 0 saturated carbocycles. The number of rotatable bonds is 6. The Morgan fingerprint density at radius 3 is 2.47 bits per heavy atom. The predicted molar refractivity (Wildman–Crippen MR) is 123 cm³/mol. The maximum Gasteiger partial charge on any atom is 0.325 e. The van der Waals surface area contributed by atoms with Crippen LogP contribution >= 0.6 is 0 Å². The van der Waals surface area contributed by atoms with Gasteiger partial charge < -0.3 is 15.2 Å². The molecule has 0 bridgehead atoms. The second-order valence-electron chi connectivity index (χ2n) is 10.0. The van der Waals surface area contributed by atoms with Gasteiger partial charge in [-0.05, 0) is 66.0 Å². The summed E-state index contributed by atoms with van der Waals surface area (Å²) in [7, 11) is 0. The molecule has 0 aromatic heterocycles. The molecule has 2 aromatic carbocycles. The van der Waals surface area contributed by atoms with Gasteiger partial charge in [0.2, 0.25) is 0 Å². The molecule has 6 nitrogen and oxygen atoms in total. The second-order valence-corrected chi connectivity index (χ2v) is 10.0. The number of nitrogens with one attached hydrogen (secondary N) is 1. The van der Waals surface area contributed by atoms with Gasteiger partial charge in [-0.25, -0.2) is 4.79 Å². The molecule has 1 aliphatic heterocycles. The number of imide groups is 1. The van der Waals surface area contributed by atoms with Gasteiger partial charge in [-0.2, -0.15) is 0 Å². The van der Waals surface area contributed by atoms with Crippen LogP contribution in [0.25, 0.3) is 0 Å². The van der Waals surface area contributed by atoms with Crippen LogP contribution in [0, 0.1) is 0 Å². The van der Waals surface area contributed by atoms with Crippen LogP contribution in [0.3, 0.4) is 0 Å². The lowest BCUT2D eigenvalue weighted by molar-refractivity contribution is -0.132. The highest BCUT2D eigenvalue weighted by molar-refractivity contribution is 6.07. The number of fused-ring (bicyclic) bond motifs is 1. The molecule has 0 radical (unpaired) electrons. The molecular weight excluding hydrogens is 404 g/mol. The lowest BCUT2D eigenvalue weighted by Gasteiger charge is -2.24. The molecule has 6 heteroatoms. The van der Waals surface area contributed by atoms with Gasteiger partial charge in [0.15, 0.2) is 0 Å². The zero-order valence-corrected chi connectivity index (χ0v) is 19.3. The predicted octanol–water partition coefficient (Wildman–Crippen LogP) is 3.68. The number of β-amino-alcohol motifs (C(OH)–C–C–N with tert-alkyl or cyclic N) is 1. The number of carbonyl (C=O) groups is 2. The van der Waals surface area contributed by atoms with Gasteiger partial charge in [0.25, 0.3) is 5.91 Å². The number of hydrogen-bond donors (Lipinski definition) is 2. The van der Waals surface area contributed by atoms with E-state index in [2.05, 4.69) is 32.2 Å². The second kappa shape index (κ2) is 8.24. The maximum atomic E-state index is 13.2. The quantitative estimate of drug-likeness (QED) is 0.677. The molecule has 170 valence electrons. The first-order valence-electron chi connectivity index (χ1n) is 11.3. The summed E-state index contributed by atoms with van der Waals surface area (Å²) in [5.41, 5.74) is 3.45. The normalized spacial score (nSPS) is 21.5. The molecule has 1 saturated heterocycles. The summed E-state index contributed by atoms with van der Waals surface area (Å²) in [4.78, 5) is 26.8. The molecule has 2 atom stereocenters. The van der Waals surface area contributed by atoms with Crippen molar-refractivity contribution < 1.29 is 19.4 Å². The minimum Gasteiger partial charge on any atom is -0.491 e. The van der Waals surface area contributed by atoms with Gasteiger partial charge in [-0.15, -0.1) is 0 Å². The number of nitrogens with zero attached hydrogens (tertiary/aromatic N) is 1. The van der Waals surface area contributed by atoms with Crippen LogP contribution in [0.1, 0.15) is 56.4 Å². The molecule has 1 aliphatic carbocycles. The summed E-state index contributed by atoms with van der Waals surface area (Å²) in [5.74, 6) is 0.284. The molecule has 2 unspecified atom stereocenters. The van der Waals surface area contributed by atoms with Crippen LogP contribution in [0.15, 0.2) is 42.5 Å². The van der Waals surface area contributed by atoms with E-state index in [1.807, 2.05) is 36.4 Å². The van der Waals surface area contributed by atoms with E-state index >= 15 is 0 Å². The lowest BCUT2D eigenvalue weighted by atomic mass is 9.87.